The standard InChI is InChI=1S/C18H24N4O3/c1-13(18(24)19-11-12-21(2)3)22-17(23)10-9-16(20-22)14-5-7-15(25-4)8-6-14/h5-10,13H,11-12H2,1-4H3,(H,19,24). The van der Waals surface area contributed by atoms with Gasteiger partial charge in [0, 0.05) is 24.7 Å². The molecule has 0 aliphatic carbocycles. The maximum atomic E-state index is 12.3. The van der Waals surface area contributed by atoms with E-state index >= 15 is 0 Å². The fraction of sp³-hybridized carbons (Fsp3) is 0.389. The second-order valence-electron chi connectivity index (χ2n) is 6.00. The van der Waals surface area contributed by atoms with Crippen LogP contribution in [0.1, 0.15) is 13.0 Å². The van der Waals surface area contributed by atoms with Crippen molar-refractivity contribution in [3.05, 3.63) is 46.8 Å². The van der Waals surface area contributed by atoms with E-state index in [4.69, 9.17) is 4.74 Å². The smallest absolute Gasteiger partial charge is 0.267 e. The molecule has 1 atom stereocenters. The molecule has 1 aromatic carbocycles. The summed E-state index contributed by atoms with van der Waals surface area (Å²) in [5, 5.41) is 7.17. The van der Waals surface area contributed by atoms with Crippen LogP contribution in [0.25, 0.3) is 11.3 Å². The fourth-order valence-corrected chi connectivity index (χ4v) is 2.28. The van der Waals surface area contributed by atoms with Gasteiger partial charge in [-0.3, -0.25) is 9.59 Å². The highest BCUT2D eigenvalue weighted by atomic mass is 16.5. The Morgan fingerprint density at radius 3 is 2.52 bits per heavy atom. The predicted molar refractivity (Wildman–Crippen MR) is 96.8 cm³/mol. The zero-order chi connectivity index (χ0) is 18.4. The zero-order valence-electron chi connectivity index (χ0n) is 15.0. The lowest BCUT2D eigenvalue weighted by Crippen LogP contribution is -2.39. The van der Waals surface area contributed by atoms with Crippen LogP contribution >= 0.6 is 0 Å². The Morgan fingerprint density at radius 2 is 1.92 bits per heavy atom. The molecule has 1 aromatic heterocycles. The van der Waals surface area contributed by atoms with E-state index in [0.717, 1.165) is 17.9 Å². The number of nitrogens with zero attached hydrogens (tertiary/aromatic N) is 3. The van der Waals surface area contributed by atoms with Crippen molar-refractivity contribution in [2.45, 2.75) is 13.0 Å². The number of hydrogen-bond acceptors (Lipinski definition) is 5. The van der Waals surface area contributed by atoms with E-state index in [9.17, 15) is 9.59 Å². The predicted octanol–water partition coefficient (Wildman–Crippen LogP) is 1.16. The Bertz CT molecular complexity index is 769. The van der Waals surface area contributed by atoms with Gasteiger partial charge in [0.2, 0.25) is 5.91 Å². The highest BCUT2D eigenvalue weighted by Crippen LogP contribution is 2.20. The van der Waals surface area contributed by atoms with Crippen molar-refractivity contribution in [2.24, 2.45) is 0 Å². The number of carbonyl (C=O) groups excluding carboxylic acids is 1. The lowest BCUT2D eigenvalue weighted by molar-refractivity contribution is -0.124. The maximum absolute atomic E-state index is 12.3. The molecule has 2 rings (SSSR count). The molecular formula is C18H24N4O3. The number of ether oxygens (including phenoxy) is 1. The van der Waals surface area contributed by atoms with Gasteiger partial charge in [-0.2, -0.15) is 5.10 Å². The third kappa shape index (κ3) is 4.90. The summed E-state index contributed by atoms with van der Waals surface area (Å²) in [6.07, 6.45) is 0. The first kappa shape index (κ1) is 18.7. The van der Waals surface area contributed by atoms with E-state index in [1.165, 1.54) is 10.7 Å². The average Bonchev–Trinajstić information content (AvgIpc) is 2.61. The molecule has 0 aliphatic heterocycles. The molecule has 7 heteroatoms. The van der Waals surface area contributed by atoms with Gasteiger partial charge in [-0.25, -0.2) is 4.68 Å². The van der Waals surface area contributed by atoms with Crippen LogP contribution in [-0.2, 0) is 4.79 Å². The van der Waals surface area contributed by atoms with Crippen molar-refractivity contribution >= 4 is 5.91 Å². The number of likely N-dealkylation sites (N-methyl/N-ethyl adjacent to an activating group) is 1. The molecule has 1 unspecified atom stereocenters. The highest BCUT2D eigenvalue weighted by Gasteiger charge is 2.17. The van der Waals surface area contributed by atoms with Crippen molar-refractivity contribution in [3.63, 3.8) is 0 Å². The number of hydrogen-bond donors (Lipinski definition) is 1. The normalized spacial score (nSPS) is 12.0. The Kier molecular flexibility index (Phi) is 6.30. The second-order valence-corrected chi connectivity index (χ2v) is 6.00. The molecule has 2 aromatic rings. The molecule has 0 saturated heterocycles. The van der Waals surface area contributed by atoms with Gasteiger partial charge >= 0.3 is 0 Å². The SMILES string of the molecule is COc1ccc(-c2ccc(=O)n(C(C)C(=O)NCCN(C)C)n2)cc1. The molecular weight excluding hydrogens is 320 g/mol. The van der Waals surface area contributed by atoms with E-state index in [-0.39, 0.29) is 11.5 Å². The minimum absolute atomic E-state index is 0.233. The Morgan fingerprint density at radius 1 is 1.24 bits per heavy atom. The van der Waals surface area contributed by atoms with Crippen molar-refractivity contribution in [2.75, 3.05) is 34.3 Å². The van der Waals surface area contributed by atoms with E-state index in [1.807, 2.05) is 43.3 Å². The minimum atomic E-state index is -0.687. The van der Waals surface area contributed by atoms with Crippen molar-refractivity contribution in [1.82, 2.24) is 20.0 Å². The van der Waals surface area contributed by atoms with Gasteiger partial charge in [-0.15, -0.1) is 0 Å². The van der Waals surface area contributed by atoms with Crippen LogP contribution in [0.3, 0.4) is 0 Å². The van der Waals surface area contributed by atoms with E-state index in [1.54, 1.807) is 20.1 Å². The summed E-state index contributed by atoms with van der Waals surface area (Å²) in [5.41, 5.74) is 1.15. The summed E-state index contributed by atoms with van der Waals surface area (Å²) in [6.45, 7) is 2.91. The molecule has 25 heavy (non-hydrogen) atoms. The number of rotatable bonds is 7. The first-order valence-electron chi connectivity index (χ1n) is 8.09. The van der Waals surface area contributed by atoms with Crippen molar-refractivity contribution in [1.29, 1.82) is 0 Å². The van der Waals surface area contributed by atoms with Gasteiger partial charge in [0.15, 0.2) is 0 Å². The van der Waals surface area contributed by atoms with Crippen LogP contribution in [0.5, 0.6) is 5.75 Å². The quantitative estimate of drug-likeness (QED) is 0.816. The number of amides is 1. The maximum Gasteiger partial charge on any atom is 0.267 e. The molecule has 0 radical (unpaired) electrons. The first-order valence-corrected chi connectivity index (χ1v) is 8.09. The van der Waals surface area contributed by atoms with Crippen LogP contribution in [0.4, 0.5) is 0 Å². The summed E-state index contributed by atoms with van der Waals surface area (Å²) in [5.74, 6) is 0.508. The molecule has 1 N–H and O–H groups in total. The molecule has 1 heterocycles. The third-order valence-corrected chi connectivity index (χ3v) is 3.82. The van der Waals surface area contributed by atoms with Gasteiger partial charge in [-0.1, -0.05) is 0 Å². The summed E-state index contributed by atoms with van der Waals surface area (Å²) in [7, 11) is 5.46. The van der Waals surface area contributed by atoms with Crippen molar-refractivity contribution in [3.8, 4) is 17.0 Å². The third-order valence-electron chi connectivity index (χ3n) is 3.82. The molecule has 0 bridgehead atoms. The van der Waals surface area contributed by atoms with Gasteiger partial charge in [0.05, 0.1) is 12.8 Å². The lowest BCUT2D eigenvalue weighted by atomic mass is 10.1. The van der Waals surface area contributed by atoms with Gasteiger partial charge in [-0.05, 0) is 51.4 Å². The molecule has 0 fully saturated rings. The number of benzene rings is 1. The fourth-order valence-electron chi connectivity index (χ4n) is 2.28. The summed E-state index contributed by atoms with van der Waals surface area (Å²) in [4.78, 5) is 26.4. The van der Waals surface area contributed by atoms with Crippen LogP contribution in [0.15, 0.2) is 41.2 Å². The summed E-state index contributed by atoms with van der Waals surface area (Å²) >= 11 is 0. The number of nitrogens with one attached hydrogen (secondary N) is 1. The van der Waals surface area contributed by atoms with Crippen LogP contribution in [0.2, 0.25) is 0 Å². The summed E-state index contributed by atoms with van der Waals surface area (Å²) < 4.78 is 6.35. The van der Waals surface area contributed by atoms with Crippen LogP contribution < -0.4 is 15.6 Å². The molecule has 0 saturated carbocycles. The van der Waals surface area contributed by atoms with E-state index in [2.05, 4.69) is 10.4 Å². The molecule has 7 nitrogen and oxygen atoms in total. The van der Waals surface area contributed by atoms with Crippen LogP contribution in [-0.4, -0.2) is 54.9 Å². The number of aromatic nitrogens is 2. The largest absolute Gasteiger partial charge is 0.497 e. The van der Waals surface area contributed by atoms with Crippen LogP contribution in [0, 0.1) is 0 Å². The Labute approximate surface area is 147 Å². The molecule has 0 spiro atoms. The molecule has 134 valence electrons. The number of methoxy groups -OCH3 is 1. The highest BCUT2D eigenvalue weighted by molar-refractivity contribution is 5.79. The first-order chi connectivity index (χ1) is 11.9. The topological polar surface area (TPSA) is 76.5 Å². The van der Waals surface area contributed by atoms with E-state index in [0.29, 0.717) is 12.2 Å². The molecule has 1 amide bonds. The average molecular weight is 344 g/mol. The molecule has 0 aliphatic rings. The second kappa shape index (κ2) is 8.43. The monoisotopic (exact) mass is 344 g/mol. The van der Waals surface area contributed by atoms with E-state index < -0.39 is 6.04 Å². The van der Waals surface area contributed by atoms with Crippen molar-refractivity contribution < 1.29 is 9.53 Å². The minimum Gasteiger partial charge on any atom is -0.497 e. The lowest BCUT2D eigenvalue weighted by Gasteiger charge is -2.16. The zero-order valence-corrected chi connectivity index (χ0v) is 15.0. The van der Waals surface area contributed by atoms with Gasteiger partial charge < -0.3 is 15.0 Å². The Balaban J connectivity index is 2.19. The van der Waals surface area contributed by atoms with Gasteiger partial charge in [0.1, 0.15) is 11.8 Å². The Hall–Kier alpha value is -2.67. The summed E-state index contributed by atoms with van der Waals surface area (Å²) in [6, 6.07) is 9.75. The number of carbonyl (C=O) groups is 1. The van der Waals surface area contributed by atoms with Gasteiger partial charge in [0.25, 0.3) is 5.56 Å².